The van der Waals surface area contributed by atoms with E-state index in [0.717, 1.165) is 27.8 Å². The Morgan fingerprint density at radius 2 is 2.10 bits per heavy atom. The molecule has 0 aromatic carbocycles. The highest BCUT2D eigenvalue weighted by Crippen LogP contribution is 2.39. The lowest BCUT2D eigenvalue weighted by Crippen LogP contribution is -2.28. The molecule has 0 aliphatic heterocycles. The van der Waals surface area contributed by atoms with Crippen LogP contribution in [0.15, 0.2) is 5.38 Å². The maximum Gasteiger partial charge on any atom is 0.149 e. The molecule has 0 atom stereocenters. The van der Waals surface area contributed by atoms with Crippen LogP contribution in [0.5, 0.6) is 0 Å². The molecule has 0 aliphatic rings. The molecule has 2 rings (SSSR count). The van der Waals surface area contributed by atoms with Gasteiger partial charge in [-0.2, -0.15) is 4.37 Å². The largest absolute Gasteiger partial charge is 0.382 e. The molecule has 0 unspecified atom stereocenters. The van der Waals surface area contributed by atoms with Crippen molar-refractivity contribution < 1.29 is 0 Å². The van der Waals surface area contributed by atoms with Gasteiger partial charge in [0.25, 0.3) is 0 Å². The predicted molar refractivity (Wildman–Crippen MR) is 89.5 cm³/mol. The number of hydrogen-bond donors (Lipinski definition) is 2. The van der Waals surface area contributed by atoms with Crippen molar-refractivity contribution in [3.8, 4) is 10.6 Å². The Hall–Kier alpha value is -1.14. The number of nitrogens with zero attached hydrogens (tertiary/aromatic N) is 2. The van der Waals surface area contributed by atoms with Crippen LogP contribution in [0.3, 0.4) is 0 Å². The highest BCUT2D eigenvalue weighted by Gasteiger charge is 2.24. The fourth-order valence-corrected chi connectivity index (χ4v) is 3.24. The van der Waals surface area contributed by atoms with Gasteiger partial charge in [-0.3, -0.25) is 0 Å². The number of aryl methyl sites for hydroxylation is 1. The molecule has 0 radical (unpaired) electrons. The molecule has 110 valence electrons. The molecule has 2 aromatic heterocycles. The van der Waals surface area contributed by atoms with Gasteiger partial charge >= 0.3 is 0 Å². The lowest BCUT2D eigenvalue weighted by Gasteiger charge is -2.29. The quantitative estimate of drug-likeness (QED) is 0.866. The number of anilines is 2. The molecular formula is C14H22N4S2. The van der Waals surface area contributed by atoms with Crippen molar-refractivity contribution in [2.45, 2.75) is 34.6 Å². The molecule has 2 heterocycles. The molecule has 0 aliphatic carbocycles. The maximum absolute atomic E-state index is 6.01. The Morgan fingerprint density at radius 1 is 1.40 bits per heavy atom. The zero-order valence-electron chi connectivity index (χ0n) is 12.7. The molecule has 0 spiro atoms. The molecule has 0 amide bonds. The second-order valence-corrected chi connectivity index (χ2v) is 7.69. The van der Waals surface area contributed by atoms with Crippen LogP contribution < -0.4 is 11.1 Å². The van der Waals surface area contributed by atoms with E-state index in [-0.39, 0.29) is 5.41 Å². The molecule has 20 heavy (non-hydrogen) atoms. The zero-order chi connectivity index (χ0) is 14.9. The van der Waals surface area contributed by atoms with Crippen molar-refractivity contribution >= 4 is 33.7 Å². The summed E-state index contributed by atoms with van der Waals surface area (Å²) in [5.74, 6) is 1.17. The zero-order valence-corrected chi connectivity index (χ0v) is 14.3. The standard InChI is InChI=1S/C14H22N4S2/c1-8(2)14(4,5)7-16-12-10(11(15)18-20-12)13-17-9(3)6-19-13/h6,8,16H,7H2,1-5H3,(H2,15,18). The van der Waals surface area contributed by atoms with Gasteiger partial charge in [0.15, 0.2) is 0 Å². The van der Waals surface area contributed by atoms with Gasteiger partial charge in [0.2, 0.25) is 0 Å². The number of thiazole rings is 1. The smallest absolute Gasteiger partial charge is 0.149 e. The monoisotopic (exact) mass is 310 g/mol. The molecule has 3 N–H and O–H groups in total. The third-order valence-electron chi connectivity index (χ3n) is 3.82. The lowest BCUT2D eigenvalue weighted by atomic mass is 9.81. The van der Waals surface area contributed by atoms with E-state index < -0.39 is 0 Å². The first kappa shape index (κ1) is 15.3. The van der Waals surface area contributed by atoms with Crippen LogP contribution in [0.2, 0.25) is 0 Å². The van der Waals surface area contributed by atoms with Crippen LogP contribution in [0.25, 0.3) is 10.6 Å². The molecule has 0 saturated heterocycles. The summed E-state index contributed by atoms with van der Waals surface area (Å²) < 4.78 is 4.27. The number of nitrogens with two attached hydrogens (primary N) is 1. The van der Waals surface area contributed by atoms with Gasteiger partial charge in [-0.15, -0.1) is 11.3 Å². The van der Waals surface area contributed by atoms with E-state index >= 15 is 0 Å². The van der Waals surface area contributed by atoms with Gasteiger partial charge in [-0.05, 0) is 29.8 Å². The summed E-state index contributed by atoms with van der Waals surface area (Å²) in [4.78, 5) is 4.52. The molecule has 4 nitrogen and oxygen atoms in total. The van der Waals surface area contributed by atoms with Crippen LogP contribution in [-0.4, -0.2) is 15.9 Å². The molecule has 0 fully saturated rings. The molecular weight excluding hydrogens is 288 g/mol. The minimum Gasteiger partial charge on any atom is -0.382 e. The number of aromatic nitrogens is 2. The fraction of sp³-hybridized carbons (Fsp3) is 0.571. The normalized spacial score (nSPS) is 12.1. The van der Waals surface area contributed by atoms with Gasteiger partial charge in [0.05, 0.1) is 5.56 Å². The van der Waals surface area contributed by atoms with Crippen molar-refractivity contribution in [3.63, 3.8) is 0 Å². The van der Waals surface area contributed by atoms with Crippen LogP contribution in [0, 0.1) is 18.3 Å². The van der Waals surface area contributed by atoms with Crippen molar-refractivity contribution in [3.05, 3.63) is 11.1 Å². The first-order valence-corrected chi connectivity index (χ1v) is 8.38. The Balaban J connectivity index is 2.22. The Labute approximate surface area is 128 Å². The number of nitrogen functional groups attached to an aromatic ring is 1. The Kier molecular flexibility index (Phi) is 4.34. The number of nitrogens with one attached hydrogen (secondary N) is 1. The average molecular weight is 310 g/mol. The minimum atomic E-state index is 0.217. The third kappa shape index (κ3) is 3.12. The second-order valence-electron chi connectivity index (χ2n) is 6.06. The van der Waals surface area contributed by atoms with Crippen molar-refractivity contribution in [1.82, 2.24) is 9.36 Å². The SMILES string of the molecule is Cc1csc(-c2c(N)nsc2NCC(C)(C)C(C)C)n1. The van der Waals surface area contributed by atoms with Gasteiger partial charge in [0.1, 0.15) is 15.8 Å². The molecule has 0 saturated carbocycles. The van der Waals surface area contributed by atoms with Crippen LogP contribution in [0.4, 0.5) is 10.8 Å². The Morgan fingerprint density at radius 3 is 2.65 bits per heavy atom. The minimum absolute atomic E-state index is 0.217. The van der Waals surface area contributed by atoms with Crippen molar-refractivity contribution in [2.24, 2.45) is 11.3 Å². The van der Waals surface area contributed by atoms with Crippen molar-refractivity contribution in [2.75, 3.05) is 17.6 Å². The summed E-state index contributed by atoms with van der Waals surface area (Å²) in [6.45, 7) is 11.9. The van der Waals surface area contributed by atoms with E-state index in [1.165, 1.54) is 11.5 Å². The molecule has 0 bridgehead atoms. The first-order valence-electron chi connectivity index (χ1n) is 6.73. The third-order valence-corrected chi connectivity index (χ3v) is 5.62. The highest BCUT2D eigenvalue weighted by molar-refractivity contribution is 7.15. The van der Waals surface area contributed by atoms with Crippen molar-refractivity contribution in [1.29, 1.82) is 0 Å². The van der Waals surface area contributed by atoms with E-state index in [2.05, 4.69) is 42.4 Å². The van der Waals surface area contributed by atoms with Crippen LogP contribution in [0.1, 0.15) is 33.4 Å². The maximum atomic E-state index is 6.01. The number of hydrogen-bond acceptors (Lipinski definition) is 6. The summed E-state index contributed by atoms with van der Waals surface area (Å²) in [5, 5.41) is 7.50. The lowest BCUT2D eigenvalue weighted by molar-refractivity contribution is 0.270. The first-order chi connectivity index (χ1) is 9.31. The van der Waals surface area contributed by atoms with Gasteiger partial charge < -0.3 is 11.1 Å². The second kappa shape index (κ2) is 5.69. The van der Waals surface area contributed by atoms with Gasteiger partial charge in [0, 0.05) is 17.6 Å². The number of rotatable bonds is 5. The summed E-state index contributed by atoms with van der Waals surface area (Å²) in [6.07, 6.45) is 0. The Bertz CT molecular complexity index is 584. The summed E-state index contributed by atoms with van der Waals surface area (Å²) >= 11 is 3.02. The molecule has 6 heteroatoms. The van der Waals surface area contributed by atoms with E-state index in [4.69, 9.17) is 5.73 Å². The van der Waals surface area contributed by atoms with E-state index in [1.807, 2.05) is 12.3 Å². The average Bonchev–Trinajstić information content (AvgIpc) is 2.93. The predicted octanol–water partition coefficient (Wildman–Crippen LogP) is 4.25. The van der Waals surface area contributed by atoms with E-state index in [1.54, 1.807) is 11.3 Å². The van der Waals surface area contributed by atoms with Crippen LogP contribution in [-0.2, 0) is 0 Å². The summed E-state index contributed by atoms with van der Waals surface area (Å²) in [5.41, 5.74) is 8.19. The summed E-state index contributed by atoms with van der Waals surface area (Å²) in [6, 6.07) is 0. The van der Waals surface area contributed by atoms with E-state index in [9.17, 15) is 0 Å². The highest BCUT2D eigenvalue weighted by atomic mass is 32.1. The van der Waals surface area contributed by atoms with Gasteiger partial charge in [-0.25, -0.2) is 4.98 Å². The van der Waals surface area contributed by atoms with E-state index in [0.29, 0.717) is 11.7 Å². The summed E-state index contributed by atoms with van der Waals surface area (Å²) in [7, 11) is 0. The van der Waals surface area contributed by atoms with Crippen LogP contribution >= 0.6 is 22.9 Å². The van der Waals surface area contributed by atoms with Gasteiger partial charge in [-0.1, -0.05) is 27.7 Å². The molecule has 2 aromatic rings. The topological polar surface area (TPSA) is 63.8 Å². The fourth-order valence-electron chi connectivity index (χ4n) is 1.61.